The highest BCUT2D eigenvalue weighted by Crippen LogP contribution is 2.28. The van der Waals surface area contributed by atoms with Gasteiger partial charge in [-0.15, -0.1) is 0 Å². The first-order valence-corrected chi connectivity index (χ1v) is 14.6. The lowest BCUT2D eigenvalue weighted by Gasteiger charge is -2.36. The Balaban J connectivity index is 1.04. The lowest BCUT2D eigenvalue weighted by atomic mass is 10.2. The molecule has 5 heterocycles. The first-order chi connectivity index (χ1) is 21.4. The molecule has 0 bridgehead atoms. The molecule has 11 nitrogen and oxygen atoms in total. The number of ether oxygens (including phenoxy) is 2. The Morgan fingerprint density at radius 2 is 1.91 bits per heavy atom. The molecule has 0 radical (unpaired) electrons. The first kappa shape index (κ1) is 28.4. The van der Waals surface area contributed by atoms with E-state index in [0.717, 1.165) is 48.7 Å². The van der Waals surface area contributed by atoms with Crippen LogP contribution in [-0.4, -0.2) is 68.5 Å². The molecule has 0 spiro atoms. The van der Waals surface area contributed by atoms with E-state index in [0.29, 0.717) is 37.4 Å². The third-order valence-electron chi connectivity index (χ3n) is 7.99. The lowest BCUT2D eigenvalue weighted by molar-refractivity contribution is -0.0592. The fraction of sp³-hybridized carbons (Fsp3) is 0.333. The molecule has 0 amide bonds. The number of pyridine rings is 1. The fourth-order valence-corrected chi connectivity index (χ4v) is 5.62. The van der Waals surface area contributed by atoms with E-state index in [9.17, 15) is 13.6 Å². The molecule has 0 unspecified atom stereocenters. The van der Waals surface area contributed by atoms with E-state index in [1.54, 1.807) is 30.5 Å². The number of piperazine rings is 1. The normalized spacial score (nSPS) is 17.2. The van der Waals surface area contributed by atoms with E-state index in [2.05, 4.69) is 34.0 Å². The van der Waals surface area contributed by atoms with Crippen LogP contribution in [0.3, 0.4) is 0 Å². The van der Waals surface area contributed by atoms with Gasteiger partial charge in [-0.1, -0.05) is 22.8 Å². The molecule has 1 N–H and O–H groups in total. The van der Waals surface area contributed by atoms with Crippen LogP contribution < -0.4 is 15.4 Å². The number of nitrogens with one attached hydrogen (secondary N) is 1. The minimum absolute atomic E-state index is 0.0638. The molecule has 3 aromatic heterocycles. The van der Waals surface area contributed by atoms with E-state index in [-0.39, 0.29) is 29.3 Å². The van der Waals surface area contributed by atoms with Crippen LogP contribution >= 0.6 is 11.6 Å². The van der Waals surface area contributed by atoms with Crippen LogP contribution in [-0.2, 0) is 24.4 Å². The number of fused-ring (bicyclic) bond motifs is 1. The number of aromatic nitrogens is 5. The molecule has 228 valence electrons. The fourth-order valence-electron chi connectivity index (χ4n) is 5.46. The van der Waals surface area contributed by atoms with Crippen molar-refractivity contribution in [2.24, 2.45) is 0 Å². The van der Waals surface area contributed by atoms with Gasteiger partial charge in [-0.2, -0.15) is 0 Å². The van der Waals surface area contributed by atoms with Gasteiger partial charge in [-0.3, -0.25) is 19.4 Å². The summed E-state index contributed by atoms with van der Waals surface area (Å²) in [5.74, 6) is -0.451. The number of halogens is 3. The Kier molecular flexibility index (Phi) is 7.75. The second-order valence-electron chi connectivity index (χ2n) is 10.8. The summed E-state index contributed by atoms with van der Waals surface area (Å²) in [5.41, 5.74) is 3.21. The molecule has 2 aromatic carbocycles. The predicted molar refractivity (Wildman–Crippen MR) is 158 cm³/mol. The largest absolute Gasteiger partial charge is 0.486 e. The number of H-pyrrole nitrogens is 1. The SMILES string of the molecule is O=c1[nH]c(-c2cc3nc(CN4CCN(c5ccc(F)c(OCc6ccc(Cl)cc6F)c5)CC4)n(C[C@@H]4CCO4)c3cn2)no1. The third kappa shape index (κ3) is 5.90. The van der Waals surface area contributed by atoms with Gasteiger partial charge < -0.3 is 18.9 Å². The molecule has 2 aliphatic heterocycles. The summed E-state index contributed by atoms with van der Waals surface area (Å²) in [6.45, 7) is 4.89. The van der Waals surface area contributed by atoms with Gasteiger partial charge in [0.2, 0.25) is 5.82 Å². The van der Waals surface area contributed by atoms with Crippen LogP contribution in [0.4, 0.5) is 14.5 Å². The van der Waals surface area contributed by atoms with E-state index in [1.807, 2.05) is 0 Å². The van der Waals surface area contributed by atoms with Crippen molar-refractivity contribution in [1.29, 1.82) is 0 Å². The second-order valence-corrected chi connectivity index (χ2v) is 11.3. The highest BCUT2D eigenvalue weighted by atomic mass is 35.5. The van der Waals surface area contributed by atoms with Crippen LogP contribution in [0.2, 0.25) is 5.02 Å². The van der Waals surface area contributed by atoms with Gasteiger partial charge in [0.25, 0.3) is 0 Å². The molecule has 2 saturated heterocycles. The zero-order chi connectivity index (χ0) is 30.2. The smallest absolute Gasteiger partial charge is 0.439 e. The summed E-state index contributed by atoms with van der Waals surface area (Å²) < 4.78 is 46.9. The molecule has 1 atom stereocenters. The minimum Gasteiger partial charge on any atom is -0.486 e. The van der Waals surface area contributed by atoms with E-state index < -0.39 is 17.4 Å². The van der Waals surface area contributed by atoms with E-state index >= 15 is 0 Å². The summed E-state index contributed by atoms with van der Waals surface area (Å²) in [4.78, 5) is 27.9. The third-order valence-corrected chi connectivity index (χ3v) is 8.23. The lowest BCUT2D eigenvalue weighted by Crippen LogP contribution is -2.46. The summed E-state index contributed by atoms with van der Waals surface area (Å²) in [5, 5.41) is 4.03. The van der Waals surface area contributed by atoms with Gasteiger partial charge in [0, 0.05) is 55.1 Å². The average molecular weight is 624 g/mol. The maximum Gasteiger partial charge on any atom is 0.439 e. The van der Waals surface area contributed by atoms with Crippen LogP contribution in [0, 0.1) is 11.6 Å². The number of hydrogen-bond donors (Lipinski definition) is 1. The second kappa shape index (κ2) is 12.0. The molecule has 44 heavy (non-hydrogen) atoms. The van der Waals surface area contributed by atoms with Crippen molar-refractivity contribution >= 4 is 28.3 Å². The number of rotatable bonds is 9. The predicted octanol–water partition coefficient (Wildman–Crippen LogP) is 4.40. The van der Waals surface area contributed by atoms with Crippen LogP contribution in [0.1, 0.15) is 17.8 Å². The zero-order valence-electron chi connectivity index (χ0n) is 23.5. The summed E-state index contributed by atoms with van der Waals surface area (Å²) in [7, 11) is 0. The number of hydrogen-bond acceptors (Lipinski definition) is 9. The quantitative estimate of drug-likeness (QED) is 0.255. The highest BCUT2D eigenvalue weighted by molar-refractivity contribution is 6.30. The van der Waals surface area contributed by atoms with Gasteiger partial charge in [0.05, 0.1) is 36.4 Å². The monoisotopic (exact) mass is 623 g/mol. The first-order valence-electron chi connectivity index (χ1n) is 14.3. The Morgan fingerprint density at radius 3 is 2.64 bits per heavy atom. The standard InChI is InChI=1S/C30H28ClF2N7O4/c31-19-2-1-18(23(33)11-19)17-43-27-12-20(3-4-22(27)32)39-8-6-38(7-9-39)16-28-35-24-13-25(29-36-30(41)44-37-29)34-14-26(24)40(28)15-21-5-10-42-21/h1-4,11-14,21H,5-10,15-17H2,(H,36,37,41)/t21-/m0/s1. The van der Waals surface area contributed by atoms with Crippen molar-refractivity contribution in [1.82, 2.24) is 29.6 Å². The van der Waals surface area contributed by atoms with Gasteiger partial charge in [0.15, 0.2) is 11.6 Å². The molecule has 7 rings (SSSR count). The number of aromatic amines is 1. The summed E-state index contributed by atoms with van der Waals surface area (Å²) >= 11 is 5.83. The Morgan fingerprint density at radius 1 is 1.07 bits per heavy atom. The molecular weight excluding hydrogens is 596 g/mol. The van der Waals surface area contributed by atoms with Crippen molar-refractivity contribution in [2.75, 3.05) is 37.7 Å². The van der Waals surface area contributed by atoms with Gasteiger partial charge >= 0.3 is 5.76 Å². The van der Waals surface area contributed by atoms with Crippen molar-refractivity contribution in [2.45, 2.75) is 32.2 Å². The molecule has 5 aromatic rings. The van der Waals surface area contributed by atoms with Crippen molar-refractivity contribution in [3.63, 3.8) is 0 Å². The number of anilines is 1. The number of imidazole rings is 1. The van der Waals surface area contributed by atoms with Gasteiger partial charge in [0.1, 0.15) is 23.9 Å². The van der Waals surface area contributed by atoms with Crippen LogP contribution in [0.15, 0.2) is 58.0 Å². The van der Waals surface area contributed by atoms with E-state index in [4.69, 9.17) is 26.1 Å². The minimum atomic E-state index is -0.646. The average Bonchev–Trinajstić information content (AvgIpc) is 3.58. The highest BCUT2D eigenvalue weighted by Gasteiger charge is 2.25. The molecule has 0 saturated carbocycles. The topological polar surface area (TPSA) is 115 Å². The maximum absolute atomic E-state index is 14.6. The Labute approximate surface area is 255 Å². The molecule has 0 aliphatic carbocycles. The zero-order valence-corrected chi connectivity index (χ0v) is 24.3. The van der Waals surface area contributed by atoms with E-state index in [1.165, 1.54) is 18.2 Å². The Hall–Kier alpha value is -4.33. The molecule has 2 fully saturated rings. The van der Waals surface area contributed by atoms with Crippen molar-refractivity contribution in [3.8, 4) is 17.3 Å². The van der Waals surface area contributed by atoms with Crippen molar-refractivity contribution < 1.29 is 22.8 Å². The Bertz CT molecular complexity index is 1860. The number of nitrogens with zero attached hydrogens (tertiary/aromatic N) is 6. The molecule has 14 heteroatoms. The number of benzene rings is 2. The molecule has 2 aliphatic rings. The van der Waals surface area contributed by atoms with Crippen molar-refractivity contribution in [3.05, 3.63) is 87.3 Å². The van der Waals surface area contributed by atoms with Crippen LogP contribution in [0.5, 0.6) is 5.75 Å². The summed E-state index contributed by atoms with van der Waals surface area (Å²) in [6.07, 6.45) is 2.85. The van der Waals surface area contributed by atoms with Gasteiger partial charge in [-0.25, -0.2) is 18.6 Å². The van der Waals surface area contributed by atoms with Gasteiger partial charge in [-0.05, 0) is 36.8 Å². The van der Waals surface area contributed by atoms with Crippen LogP contribution in [0.25, 0.3) is 22.6 Å². The summed E-state index contributed by atoms with van der Waals surface area (Å²) in [6, 6.07) is 10.9. The molecular formula is C30H28ClF2N7O4. The maximum atomic E-state index is 14.6.